The van der Waals surface area contributed by atoms with E-state index in [9.17, 15) is 4.79 Å². The van der Waals surface area contributed by atoms with Crippen LogP contribution >= 0.6 is 0 Å². The molecule has 1 aromatic carbocycles. The molecule has 3 heteroatoms. The molecule has 0 aliphatic carbocycles. The molecule has 0 heterocycles. The monoisotopic (exact) mass is 204 g/mol. The van der Waals surface area contributed by atoms with E-state index >= 15 is 0 Å². The van der Waals surface area contributed by atoms with Crippen LogP contribution in [0.1, 0.15) is 23.7 Å². The molecule has 0 radical (unpaired) electrons. The quantitative estimate of drug-likeness (QED) is 0.559. The second-order valence-electron chi connectivity index (χ2n) is 2.76. The fourth-order valence-corrected chi connectivity index (χ4v) is 1.01. The fraction of sp³-hybridized carbons (Fsp3) is 0.250. The molecular formula is C12H12O3. The van der Waals surface area contributed by atoms with Crippen molar-refractivity contribution in [1.29, 1.82) is 0 Å². The molecular weight excluding hydrogens is 192 g/mol. The Morgan fingerprint density at radius 2 is 2.20 bits per heavy atom. The number of carbonyl (C=O) groups is 1. The summed E-state index contributed by atoms with van der Waals surface area (Å²) in [5, 5.41) is 0. The molecule has 3 nitrogen and oxygen atoms in total. The van der Waals surface area contributed by atoms with Crippen LogP contribution < -0.4 is 9.47 Å². The van der Waals surface area contributed by atoms with Crippen LogP contribution in [0.25, 0.3) is 0 Å². The van der Waals surface area contributed by atoms with E-state index in [4.69, 9.17) is 9.47 Å². The minimum Gasteiger partial charge on any atom is -0.493 e. The molecule has 1 aromatic rings. The average molecular weight is 204 g/mol. The molecule has 78 valence electrons. The van der Waals surface area contributed by atoms with Crippen LogP contribution in [0.3, 0.4) is 0 Å². The summed E-state index contributed by atoms with van der Waals surface area (Å²) in [4.78, 5) is 10.6. The van der Waals surface area contributed by atoms with Gasteiger partial charge in [-0.3, -0.25) is 4.79 Å². The number of hydrogen-bond donors (Lipinski definition) is 0. The molecule has 1 rings (SSSR count). The maximum absolute atomic E-state index is 10.6. The van der Waals surface area contributed by atoms with Gasteiger partial charge in [0.15, 0.2) is 11.5 Å². The zero-order valence-electron chi connectivity index (χ0n) is 8.74. The van der Waals surface area contributed by atoms with E-state index in [2.05, 4.69) is 12.0 Å². The highest BCUT2D eigenvalue weighted by atomic mass is 16.5. The number of hydrogen-bond acceptors (Lipinski definition) is 3. The van der Waals surface area contributed by atoms with Gasteiger partial charge in [0, 0.05) is 12.0 Å². The van der Waals surface area contributed by atoms with Gasteiger partial charge in [-0.15, -0.1) is 0 Å². The summed E-state index contributed by atoms with van der Waals surface area (Å²) in [6, 6.07) is 4.93. The van der Waals surface area contributed by atoms with Crippen molar-refractivity contribution in [2.45, 2.75) is 13.3 Å². The van der Waals surface area contributed by atoms with Crippen molar-refractivity contribution in [1.82, 2.24) is 0 Å². The Bertz CT molecular complexity index is 399. The molecule has 0 unspecified atom stereocenters. The Labute approximate surface area is 89.0 Å². The summed E-state index contributed by atoms with van der Waals surface area (Å²) in [6.45, 7) is 1.93. The van der Waals surface area contributed by atoms with E-state index in [0.717, 1.165) is 12.7 Å². The number of methoxy groups -OCH3 is 1. The van der Waals surface area contributed by atoms with Gasteiger partial charge in [0.05, 0.1) is 7.11 Å². The first-order valence-electron chi connectivity index (χ1n) is 4.59. The zero-order chi connectivity index (χ0) is 11.1. The van der Waals surface area contributed by atoms with Gasteiger partial charge in [-0.05, 0) is 18.2 Å². The maximum Gasteiger partial charge on any atom is 0.182 e. The first-order valence-corrected chi connectivity index (χ1v) is 4.59. The second kappa shape index (κ2) is 5.71. The molecule has 0 spiro atoms. The lowest BCUT2D eigenvalue weighted by atomic mass is 10.2. The van der Waals surface area contributed by atoms with Crippen molar-refractivity contribution < 1.29 is 14.3 Å². The highest BCUT2D eigenvalue weighted by Gasteiger charge is 2.04. The highest BCUT2D eigenvalue weighted by molar-refractivity contribution is 5.76. The molecule has 0 atom stereocenters. The van der Waals surface area contributed by atoms with Gasteiger partial charge < -0.3 is 9.47 Å². The van der Waals surface area contributed by atoms with Crippen LogP contribution in [0.15, 0.2) is 18.2 Å². The fourth-order valence-electron chi connectivity index (χ4n) is 1.01. The normalized spacial score (nSPS) is 8.67. The molecule has 15 heavy (non-hydrogen) atoms. The van der Waals surface area contributed by atoms with Crippen LogP contribution in [-0.4, -0.2) is 13.4 Å². The smallest absolute Gasteiger partial charge is 0.182 e. The molecule has 0 saturated heterocycles. The molecule has 0 aromatic heterocycles. The summed E-state index contributed by atoms with van der Waals surface area (Å²) in [7, 11) is 1.54. The van der Waals surface area contributed by atoms with Crippen LogP contribution in [-0.2, 0) is 0 Å². The van der Waals surface area contributed by atoms with E-state index in [-0.39, 0.29) is 0 Å². The van der Waals surface area contributed by atoms with Crippen molar-refractivity contribution in [3.05, 3.63) is 23.8 Å². The second-order valence-corrected chi connectivity index (χ2v) is 2.76. The summed E-state index contributed by atoms with van der Waals surface area (Å²) in [5.74, 6) is 3.79. The minimum absolute atomic E-state index is 0.461. The molecule has 0 bridgehead atoms. The Morgan fingerprint density at radius 3 is 2.80 bits per heavy atom. The van der Waals surface area contributed by atoms with E-state index < -0.39 is 0 Å². The average Bonchev–Trinajstić information content (AvgIpc) is 2.29. The maximum atomic E-state index is 10.6. The number of aldehydes is 1. The first kappa shape index (κ1) is 11.1. The van der Waals surface area contributed by atoms with E-state index in [1.54, 1.807) is 18.2 Å². The third-order valence-corrected chi connectivity index (χ3v) is 1.73. The largest absolute Gasteiger partial charge is 0.493 e. The summed E-state index contributed by atoms with van der Waals surface area (Å²) >= 11 is 0. The van der Waals surface area contributed by atoms with Crippen molar-refractivity contribution >= 4 is 6.29 Å². The van der Waals surface area contributed by atoms with Crippen molar-refractivity contribution in [3.63, 3.8) is 0 Å². The van der Waals surface area contributed by atoms with Crippen LogP contribution in [0.2, 0.25) is 0 Å². The van der Waals surface area contributed by atoms with E-state index in [1.165, 1.54) is 7.11 Å². The Hall–Kier alpha value is -1.95. The van der Waals surface area contributed by atoms with E-state index in [1.807, 2.05) is 6.92 Å². The molecule has 0 fully saturated rings. The van der Waals surface area contributed by atoms with Crippen LogP contribution in [0, 0.1) is 12.0 Å². The molecule has 0 aliphatic rings. The standard InChI is InChI=1S/C12H12O3/c1-3-4-7-15-12-8-10(9-13)5-6-11(12)14-2/h5-6,8-9H,3H2,1-2H3. The first-order chi connectivity index (χ1) is 7.31. The van der Waals surface area contributed by atoms with Gasteiger partial charge >= 0.3 is 0 Å². The predicted octanol–water partition coefficient (Wildman–Crippen LogP) is 2.26. The topological polar surface area (TPSA) is 35.5 Å². The molecule has 0 amide bonds. The lowest BCUT2D eigenvalue weighted by molar-refractivity contribution is 0.112. The van der Waals surface area contributed by atoms with Crippen molar-refractivity contribution in [2.75, 3.05) is 7.11 Å². The minimum atomic E-state index is 0.461. The van der Waals surface area contributed by atoms with Gasteiger partial charge in [0.2, 0.25) is 0 Å². The van der Waals surface area contributed by atoms with Gasteiger partial charge in [-0.25, -0.2) is 0 Å². The lowest BCUT2D eigenvalue weighted by Crippen LogP contribution is -1.91. The van der Waals surface area contributed by atoms with Gasteiger partial charge in [-0.1, -0.05) is 12.8 Å². The summed E-state index contributed by atoms with van der Waals surface area (Å²) in [6.07, 6.45) is 4.00. The molecule has 0 N–H and O–H groups in total. The zero-order valence-corrected chi connectivity index (χ0v) is 8.74. The predicted molar refractivity (Wildman–Crippen MR) is 57.1 cm³/mol. The SMILES string of the molecule is CCC#COc1cc(C=O)ccc1OC. The number of benzene rings is 1. The third kappa shape index (κ3) is 3.03. The number of rotatable bonds is 3. The highest BCUT2D eigenvalue weighted by Crippen LogP contribution is 2.27. The Morgan fingerprint density at radius 1 is 1.40 bits per heavy atom. The van der Waals surface area contributed by atoms with Gasteiger partial charge in [0.1, 0.15) is 12.4 Å². The van der Waals surface area contributed by atoms with E-state index in [0.29, 0.717) is 17.1 Å². The number of ether oxygens (including phenoxy) is 2. The van der Waals surface area contributed by atoms with Gasteiger partial charge in [-0.2, -0.15) is 0 Å². The lowest BCUT2D eigenvalue weighted by Gasteiger charge is -2.05. The molecule has 0 aliphatic heterocycles. The third-order valence-electron chi connectivity index (χ3n) is 1.73. The summed E-state index contributed by atoms with van der Waals surface area (Å²) in [5.41, 5.74) is 0.532. The number of carbonyl (C=O) groups excluding carboxylic acids is 1. The Balaban J connectivity index is 2.95. The molecule has 0 saturated carbocycles. The summed E-state index contributed by atoms with van der Waals surface area (Å²) < 4.78 is 10.2. The Kier molecular flexibility index (Phi) is 4.24. The van der Waals surface area contributed by atoms with Crippen molar-refractivity contribution in [3.8, 4) is 23.5 Å². The van der Waals surface area contributed by atoms with Crippen LogP contribution in [0.5, 0.6) is 11.5 Å². The van der Waals surface area contributed by atoms with Crippen LogP contribution in [0.4, 0.5) is 0 Å². The van der Waals surface area contributed by atoms with Crippen molar-refractivity contribution in [2.24, 2.45) is 0 Å². The van der Waals surface area contributed by atoms with Gasteiger partial charge in [0.25, 0.3) is 0 Å².